The van der Waals surface area contributed by atoms with E-state index in [1.54, 1.807) is 6.92 Å². The Balaban J connectivity index is 2.16. The Kier molecular flexibility index (Phi) is 3.55. The Morgan fingerprint density at radius 2 is 2.23 bits per heavy atom. The monoisotopic (exact) mass is 304 g/mol. The first kappa shape index (κ1) is 14.5. The van der Waals surface area contributed by atoms with Crippen LogP contribution in [-0.2, 0) is 17.8 Å². The molecule has 0 amide bonds. The van der Waals surface area contributed by atoms with Crippen LogP contribution in [0.1, 0.15) is 34.3 Å². The van der Waals surface area contributed by atoms with E-state index in [-0.39, 0.29) is 18.8 Å². The van der Waals surface area contributed by atoms with Crippen LogP contribution in [0.25, 0.3) is 0 Å². The fourth-order valence-electron chi connectivity index (χ4n) is 2.77. The minimum Gasteiger partial charge on any atom is -0.506 e. The summed E-state index contributed by atoms with van der Waals surface area (Å²) in [7, 11) is 0. The lowest BCUT2D eigenvalue weighted by Crippen LogP contribution is -2.45. The summed E-state index contributed by atoms with van der Waals surface area (Å²) in [5.74, 6) is -1.05. The van der Waals surface area contributed by atoms with Crippen molar-refractivity contribution in [3.8, 4) is 5.75 Å². The highest BCUT2D eigenvalue weighted by Crippen LogP contribution is 2.36. The van der Waals surface area contributed by atoms with E-state index < -0.39 is 18.1 Å². The Hall–Kier alpha value is -2.45. The van der Waals surface area contributed by atoms with Gasteiger partial charge in [0.05, 0.1) is 30.4 Å². The number of H-pyrrole nitrogens is 1. The molecule has 2 aromatic heterocycles. The third-order valence-corrected chi connectivity index (χ3v) is 3.92. The smallest absolute Gasteiger partial charge is 0.321 e. The lowest BCUT2D eigenvalue weighted by atomic mass is 9.91. The topological polar surface area (TPSA) is 131 Å². The zero-order valence-corrected chi connectivity index (χ0v) is 11.9. The van der Waals surface area contributed by atoms with E-state index in [4.69, 9.17) is 0 Å². The van der Waals surface area contributed by atoms with E-state index in [9.17, 15) is 20.1 Å². The molecule has 22 heavy (non-hydrogen) atoms. The number of fused-ring (bicyclic) bond motifs is 1. The molecular formula is C14H16N4O4. The van der Waals surface area contributed by atoms with Gasteiger partial charge in [-0.25, -0.2) is 4.98 Å². The molecule has 0 radical (unpaired) electrons. The minimum atomic E-state index is -0.985. The number of pyridine rings is 1. The van der Waals surface area contributed by atoms with Crippen molar-refractivity contribution in [2.24, 2.45) is 0 Å². The van der Waals surface area contributed by atoms with E-state index >= 15 is 0 Å². The second-order valence-corrected chi connectivity index (χ2v) is 5.25. The standard InChI is InChI=1S/C14H16N4O4/c1-6-13(20)10(7(4-19)3-15-6)12-11-8(16-5-17-11)2-9(18-12)14(21)22/h3,5,9,12,18-20H,2,4H2,1H3,(H,16,17)(H,21,22)/t9-,12+/m1/s1. The number of carbonyl (C=O) groups is 1. The number of imidazole rings is 1. The molecule has 3 heterocycles. The number of aliphatic hydroxyl groups excluding tert-OH is 1. The maximum atomic E-state index is 11.3. The summed E-state index contributed by atoms with van der Waals surface area (Å²) in [6.45, 7) is 1.33. The lowest BCUT2D eigenvalue weighted by Gasteiger charge is -2.30. The molecule has 2 atom stereocenters. The molecule has 3 rings (SSSR count). The van der Waals surface area contributed by atoms with Crippen LogP contribution in [0.3, 0.4) is 0 Å². The van der Waals surface area contributed by atoms with E-state index in [2.05, 4.69) is 20.3 Å². The van der Waals surface area contributed by atoms with E-state index in [0.717, 1.165) is 0 Å². The van der Waals surface area contributed by atoms with Crippen LogP contribution in [0.2, 0.25) is 0 Å². The number of aliphatic carboxylic acids is 1. The highest BCUT2D eigenvalue weighted by Gasteiger charge is 2.35. The average Bonchev–Trinajstić information content (AvgIpc) is 2.97. The molecule has 1 aliphatic heterocycles. The molecule has 0 unspecified atom stereocenters. The normalized spacial score (nSPS) is 20.6. The van der Waals surface area contributed by atoms with Gasteiger partial charge in [0, 0.05) is 29.4 Å². The van der Waals surface area contributed by atoms with Gasteiger partial charge in [-0.1, -0.05) is 0 Å². The molecule has 0 saturated carbocycles. The minimum absolute atomic E-state index is 0.0657. The molecule has 0 spiro atoms. The Morgan fingerprint density at radius 3 is 2.91 bits per heavy atom. The predicted octanol–water partition coefficient (Wildman–Crippen LogP) is -0.000680. The van der Waals surface area contributed by atoms with E-state index in [0.29, 0.717) is 28.2 Å². The van der Waals surface area contributed by atoms with Crippen LogP contribution in [-0.4, -0.2) is 42.3 Å². The molecule has 1 aliphatic rings. The molecule has 0 fully saturated rings. The third-order valence-electron chi connectivity index (χ3n) is 3.92. The van der Waals surface area contributed by atoms with Gasteiger partial charge in [-0.2, -0.15) is 0 Å². The van der Waals surface area contributed by atoms with Crippen molar-refractivity contribution in [3.05, 3.63) is 40.7 Å². The number of aryl methyl sites for hydroxylation is 1. The number of carboxylic acid groups (broad SMARTS) is 1. The quantitative estimate of drug-likeness (QED) is 0.539. The van der Waals surface area contributed by atoms with Crippen molar-refractivity contribution >= 4 is 5.97 Å². The van der Waals surface area contributed by atoms with Crippen LogP contribution in [0, 0.1) is 6.92 Å². The molecule has 0 aliphatic carbocycles. The van der Waals surface area contributed by atoms with Crippen LogP contribution in [0.15, 0.2) is 12.5 Å². The van der Waals surface area contributed by atoms with Gasteiger partial charge in [0.15, 0.2) is 0 Å². The first-order valence-corrected chi connectivity index (χ1v) is 6.82. The zero-order chi connectivity index (χ0) is 15.9. The van der Waals surface area contributed by atoms with Crippen LogP contribution in [0.5, 0.6) is 5.75 Å². The van der Waals surface area contributed by atoms with Crippen molar-refractivity contribution in [1.29, 1.82) is 0 Å². The molecule has 0 saturated heterocycles. The van der Waals surface area contributed by atoms with Gasteiger partial charge in [0.1, 0.15) is 11.8 Å². The molecule has 0 bridgehead atoms. The first-order valence-electron chi connectivity index (χ1n) is 6.82. The second kappa shape index (κ2) is 5.39. The Labute approximate surface area is 125 Å². The van der Waals surface area contributed by atoms with Gasteiger partial charge in [0.2, 0.25) is 0 Å². The summed E-state index contributed by atoms with van der Waals surface area (Å²) in [6, 6.07) is -1.43. The van der Waals surface area contributed by atoms with Crippen molar-refractivity contribution in [1.82, 2.24) is 20.3 Å². The molecule has 8 nitrogen and oxygen atoms in total. The van der Waals surface area contributed by atoms with Crippen LogP contribution >= 0.6 is 0 Å². The third kappa shape index (κ3) is 2.22. The largest absolute Gasteiger partial charge is 0.506 e. The van der Waals surface area contributed by atoms with Crippen molar-refractivity contribution in [3.63, 3.8) is 0 Å². The van der Waals surface area contributed by atoms with E-state index in [1.807, 2.05) is 0 Å². The highest BCUT2D eigenvalue weighted by molar-refractivity contribution is 5.74. The van der Waals surface area contributed by atoms with Crippen molar-refractivity contribution < 1.29 is 20.1 Å². The molecule has 0 aromatic carbocycles. The van der Waals surface area contributed by atoms with Gasteiger partial charge in [-0.05, 0) is 6.92 Å². The number of rotatable bonds is 3. The number of nitrogens with zero attached hydrogens (tertiary/aromatic N) is 2. The average molecular weight is 304 g/mol. The summed E-state index contributed by atoms with van der Waals surface area (Å²) < 4.78 is 0. The molecule has 116 valence electrons. The SMILES string of the molecule is Cc1ncc(CO)c([C@@H]2N[C@@H](C(=O)O)Cc3[nH]cnc32)c1O. The summed E-state index contributed by atoms with van der Waals surface area (Å²) in [6.07, 6.45) is 3.25. The number of hydrogen-bond acceptors (Lipinski definition) is 6. The summed E-state index contributed by atoms with van der Waals surface area (Å²) in [5, 5.41) is 32.1. The number of aromatic amines is 1. The summed E-state index contributed by atoms with van der Waals surface area (Å²) in [4.78, 5) is 22.5. The molecule has 5 N–H and O–H groups in total. The Bertz CT molecular complexity index is 728. The van der Waals surface area contributed by atoms with Crippen LogP contribution in [0.4, 0.5) is 0 Å². The number of aromatic nitrogens is 3. The fourth-order valence-corrected chi connectivity index (χ4v) is 2.77. The molecule has 8 heteroatoms. The Morgan fingerprint density at radius 1 is 1.45 bits per heavy atom. The summed E-state index contributed by atoms with van der Waals surface area (Å²) in [5.41, 5.74) is 2.57. The predicted molar refractivity (Wildman–Crippen MR) is 75.3 cm³/mol. The van der Waals surface area contributed by atoms with Gasteiger partial charge in [0.25, 0.3) is 0 Å². The number of carboxylic acids is 1. The summed E-state index contributed by atoms with van der Waals surface area (Å²) >= 11 is 0. The van der Waals surface area contributed by atoms with E-state index in [1.165, 1.54) is 12.5 Å². The van der Waals surface area contributed by atoms with Gasteiger partial charge < -0.3 is 20.3 Å². The van der Waals surface area contributed by atoms with Crippen molar-refractivity contribution in [2.75, 3.05) is 0 Å². The maximum absolute atomic E-state index is 11.3. The lowest BCUT2D eigenvalue weighted by molar-refractivity contribution is -0.139. The van der Waals surface area contributed by atoms with Crippen molar-refractivity contribution in [2.45, 2.75) is 32.0 Å². The highest BCUT2D eigenvalue weighted by atomic mass is 16.4. The number of hydrogen-bond donors (Lipinski definition) is 5. The van der Waals surface area contributed by atoms with Gasteiger partial charge >= 0.3 is 5.97 Å². The molecule has 2 aromatic rings. The zero-order valence-electron chi connectivity index (χ0n) is 11.9. The number of nitrogens with one attached hydrogen (secondary N) is 2. The number of aliphatic hydroxyl groups is 1. The second-order valence-electron chi connectivity index (χ2n) is 5.25. The maximum Gasteiger partial charge on any atom is 0.321 e. The first-order chi connectivity index (χ1) is 10.5. The number of aromatic hydroxyl groups is 1. The van der Waals surface area contributed by atoms with Gasteiger partial charge in [-0.3, -0.25) is 15.1 Å². The van der Waals surface area contributed by atoms with Crippen LogP contribution < -0.4 is 5.32 Å². The fraction of sp³-hybridized carbons (Fsp3) is 0.357. The van der Waals surface area contributed by atoms with Gasteiger partial charge in [-0.15, -0.1) is 0 Å². The molecular weight excluding hydrogens is 288 g/mol.